The van der Waals surface area contributed by atoms with E-state index in [0.29, 0.717) is 25.4 Å². The molecule has 1 saturated carbocycles. The first-order chi connectivity index (χ1) is 9.58. The third-order valence-corrected chi connectivity index (χ3v) is 3.91. The van der Waals surface area contributed by atoms with Gasteiger partial charge in [0.15, 0.2) is 0 Å². The lowest BCUT2D eigenvalue weighted by atomic mass is 9.99. The molecule has 1 aliphatic carbocycles. The van der Waals surface area contributed by atoms with Gasteiger partial charge in [-0.15, -0.1) is 0 Å². The molecule has 116 valence electrons. The molecule has 20 heavy (non-hydrogen) atoms. The van der Waals surface area contributed by atoms with E-state index in [-0.39, 0.29) is 24.4 Å². The summed E-state index contributed by atoms with van der Waals surface area (Å²) in [6.45, 7) is 5.51. The standard InChI is InChI=1S/C15H29N3O2/c1-3-8-17-14(19)11-18(9-4-2)15(20)10-12-6-5-7-13(12)16/h12-13H,3-11,16H2,1-2H3,(H,17,19)/t12-,13+/m0/s1. The average Bonchev–Trinajstić information content (AvgIpc) is 2.81. The molecule has 0 aromatic carbocycles. The van der Waals surface area contributed by atoms with Crippen molar-refractivity contribution in [1.29, 1.82) is 0 Å². The normalized spacial score (nSPS) is 21.8. The summed E-state index contributed by atoms with van der Waals surface area (Å²) in [6, 6.07) is 0.149. The number of carbonyl (C=O) groups is 2. The molecule has 0 aromatic heterocycles. The summed E-state index contributed by atoms with van der Waals surface area (Å²) < 4.78 is 0. The van der Waals surface area contributed by atoms with E-state index in [1.807, 2.05) is 13.8 Å². The van der Waals surface area contributed by atoms with Crippen LogP contribution in [0.2, 0.25) is 0 Å². The zero-order chi connectivity index (χ0) is 15.0. The number of hydrogen-bond donors (Lipinski definition) is 2. The maximum atomic E-state index is 12.3. The van der Waals surface area contributed by atoms with E-state index in [1.54, 1.807) is 4.90 Å². The van der Waals surface area contributed by atoms with Crippen LogP contribution in [0.15, 0.2) is 0 Å². The van der Waals surface area contributed by atoms with Gasteiger partial charge in [0.25, 0.3) is 0 Å². The Morgan fingerprint density at radius 1 is 1.25 bits per heavy atom. The lowest BCUT2D eigenvalue weighted by Gasteiger charge is -2.24. The molecule has 2 amide bonds. The van der Waals surface area contributed by atoms with Crippen molar-refractivity contribution in [2.45, 2.75) is 58.4 Å². The third kappa shape index (κ3) is 5.49. The van der Waals surface area contributed by atoms with Gasteiger partial charge in [0.05, 0.1) is 6.54 Å². The van der Waals surface area contributed by atoms with E-state index in [2.05, 4.69) is 5.32 Å². The van der Waals surface area contributed by atoms with E-state index in [4.69, 9.17) is 5.73 Å². The number of nitrogens with two attached hydrogens (primary N) is 1. The molecule has 2 atom stereocenters. The van der Waals surface area contributed by atoms with Crippen LogP contribution in [0, 0.1) is 5.92 Å². The molecule has 0 unspecified atom stereocenters. The van der Waals surface area contributed by atoms with Crippen LogP contribution in [0.25, 0.3) is 0 Å². The maximum Gasteiger partial charge on any atom is 0.239 e. The lowest BCUT2D eigenvalue weighted by molar-refractivity contribution is -0.136. The monoisotopic (exact) mass is 283 g/mol. The van der Waals surface area contributed by atoms with Crippen LogP contribution in [0.3, 0.4) is 0 Å². The smallest absolute Gasteiger partial charge is 0.239 e. The van der Waals surface area contributed by atoms with Crippen molar-refractivity contribution in [1.82, 2.24) is 10.2 Å². The Morgan fingerprint density at radius 3 is 2.55 bits per heavy atom. The molecule has 0 heterocycles. The van der Waals surface area contributed by atoms with Crippen molar-refractivity contribution in [2.75, 3.05) is 19.6 Å². The van der Waals surface area contributed by atoms with E-state index >= 15 is 0 Å². The molecule has 0 bridgehead atoms. The fourth-order valence-corrected chi connectivity index (χ4v) is 2.73. The highest BCUT2D eigenvalue weighted by Gasteiger charge is 2.28. The van der Waals surface area contributed by atoms with Crippen molar-refractivity contribution in [3.05, 3.63) is 0 Å². The quantitative estimate of drug-likeness (QED) is 0.704. The van der Waals surface area contributed by atoms with E-state index in [1.165, 1.54) is 0 Å². The third-order valence-electron chi connectivity index (χ3n) is 3.91. The van der Waals surface area contributed by atoms with Gasteiger partial charge in [0.2, 0.25) is 11.8 Å². The maximum absolute atomic E-state index is 12.3. The molecular weight excluding hydrogens is 254 g/mol. The summed E-state index contributed by atoms with van der Waals surface area (Å²) in [5, 5.41) is 2.82. The summed E-state index contributed by atoms with van der Waals surface area (Å²) in [6.07, 6.45) is 5.43. The summed E-state index contributed by atoms with van der Waals surface area (Å²) in [5.41, 5.74) is 6.02. The van der Waals surface area contributed by atoms with E-state index in [0.717, 1.165) is 32.1 Å². The number of amides is 2. The minimum Gasteiger partial charge on any atom is -0.355 e. The number of nitrogens with zero attached hydrogens (tertiary/aromatic N) is 1. The van der Waals surface area contributed by atoms with Crippen molar-refractivity contribution in [3.63, 3.8) is 0 Å². The van der Waals surface area contributed by atoms with Gasteiger partial charge in [0.1, 0.15) is 0 Å². The Labute approximate surface area is 122 Å². The van der Waals surface area contributed by atoms with Gasteiger partial charge < -0.3 is 16.0 Å². The van der Waals surface area contributed by atoms with Crippen LogP contribution in [0.4, 0.5) is 0 Å². The fraction of sp³-hybridized carbons (Fsp3) is 0.867. The van der Waals surface area contributed by atoms with Gasteiger partial charge in [-0.2, -0.15) is 0 Å². The molecule has 0 saturated heterocycles. The van der Waals surface area contributed by atoms with E-state index in [9.17, 15) is 9.59 Å². The first-order valence-corrected chi connectivity index (χ1v) is 7.88. The van der Waals surface area contributed by atoms with Crippen LogP contribution < -0.4 is 11.1 Å². The highest BCUT2D eigenvalue weighted by molar-refractivity contribution is 5.84. The van der Waals surface area contributed by atoms with Gasteiger partial charge in [0, 0.05) is 25.6 Å². The minimum absolute atomic E-state index is 0.0654. The van der Waals surface area contributed by atoms with Crippen LogP contribution in [-0.4, -0.2) is 42.4 Å². The predicted molar refractivity (Wildman–Crippen MR) is 80.1 cm³/mol. The molecule has 1 rings (SSSR count). The second-order valence-electron chi connectivity index (χ2n) is 5.72. The van der Waals surface area contributed by atoms with Crippen LogP contribution in [0.5, 0.6) is 0 Å². The molecule has 0 spiro atoms. The lowest BCUT2D eigenvalue weighted by Crippen LogP contribution is -2.42. The molecular formula is C15H29N3O2. The van der Waals surface area contributed by atoms with Crippen molar-refractivity contribution < 1.29 is 9.59 Å². The summed E-state index contributed by atoms with van der Waals surface area (Å²) in [4.78, 5) is 25.8. The molecule has 5 nitrogen and oxygen atoms in total. The van der Waals surface area contributed by atoms with Crippen molar-refractivity contribution >= 4 is 11.8 Å². The Bertz CT molecular complexity index is 320. The van der Waals surface area contributed by atoms with Gasteiger partial charge in [-0.25, -0.2) is 0 Å². The van der Waals surface area contributed by atoms with Gasteiger partial charge >= 0.3 is 0 Å². The SMILES string of the molecule is CCCNC(=O)CN(CCC)C(=O)C[C@@H]1CCC[C@H]1N. The topological polar surface area (TPSA) is 75.4 Å². The Balaban J connectivity index is 2.46. The van der Waals surface area contributed by atoms with Crippen LogP contribution >= 0.6 is 0 Å². The fourth-order valence-electron chi connectivity index (χ4n) is 2.73. The highest BCUT2D eigenvalue weighted by atomic mass is 16.2. The summed E-state index contributed by atoms with van der Waals surface area (Å²) >= 11 is 0. The predicted octanol–water partition coefficient (Wildman–Crippen LogP) is 1.27. The summed E-state index contributed by atoms with van der Waals surface area (Å²) in [5.74, 6) is 0.297. The van der Waals surface area contributed by atoms with Gasteiger partial charge in [-0.3, -0.25) is 9.59 Å². The average molecular weight is 283 g/mol. The van der Waals surface area contributed by atoms with Crippen LogP contribution in [-0.2, 0) is 9.59 Å². The molecule has 5 heteroatoms. The van der Waals surface area contributed by atoms with Gasteiger partial charge in [-0.1, -0.05) is 20.3 Å². The second-order valence-corrected chi connectivity index (χ2v) is 5.72. The Morgan fingerprint density at radius 2 is 2.00 bits per heavy atom. The molecule has 3 N–H and O–H groups in total. The molecule has 0 aromatic rings. The highest BCUT2D eigenvalue weighted by Crippen LogP contribution is 2.27. The minimum atomic E-state index is -0.0654. The summed E-state index contributed by atoms with van der Waals surface area (Å²) in [7, 11) is 0. The molecule has 1 aliphatic rings. The zero-order valence-corrected chi connectivity index (χ0v) is 12.9. The Kier molecular flexibility index (Phi) is 7.59. The number of rotatable bonds is 8. The number of carbonyl (C=O) groups excluding carboxylic acids is 2. The molecule has 0 aliphatic heterocycles. The second kappa shape index (κ2) is 8.95. The Hall–Kier alpha value is -1.10. The zero-order valence-electron chi connectivity index (χ0n) is 12.9. The van der Waals surface area contributed by atoms with E-state index < -0.39 is 0 Å². The van der Waals surface area contributed by atoms with Crippen molar-refractivity contribution in [2.24, 2.45) is 11.7 Å². The number of hydrogen-bond acceptors (Lipinski definition) is 3. The first-order valence-electron chi connectivity index (χ1n) is 7.88. The van der Waals surface area contributed by atoms with Gasteiger partial charge in [-0.05, 0) is 31.6 Å². The first kappa shape index (κ1) is 17.0. The number of nitrogens with one attached hydrogen (secondary N) is 1. The molecule has 1 fully saturated rings. The van der Waals surface area contributed by atoms with Crippen LogP contribution in [0.1, 0.15) is 52.4 Å². The van der Waals surface area contributed by atoms with Crippen molar-refractivity contribution in [3.8, 4) is 0 Å². The molecule has 0 radical (unpaired) electrons. The largest absolute Gasteiger partial charge is 0.355 e.